The van der Waals surface area contributed by atoms with Gasteiger partial charge in [-0.2, -0.15) is 5.10 Å². The molecule has 0 radical (unpaired) electrons. The zero-order valence-corrected chi connectivity index (χ0v) is 13.1. The van der Waals surface area contributed by atoms with E-state index in [2.05, 4.69) is 41.8 Å². The second-order valence-electron chi connectivity index (χ2n) is 6.03. The Morgan fingerprint density at radius 3 is 2.89 bits per heavy atom. The highest BCUT2D eigenvalue weighted by Crippen LogP contribution is 2.49. The lowest BCUT2D eigenvalue weighted by molar-refractivity contribution is 0.0457. The number of rotatable bonds is 4. The minimum Gasteiger partial charge on any atom is -0.386 e. The van der Waals surface area contributed by atoms with E-state index in [0.29, 0.717) is 5.92 Å². The topological polar surface area (TPSA) is 38.0 Å². The van der Waals surface area contributed by atoms with Crippen LogP contribution >= 0.6 is 15.9 Å². The molecule has 0 saturated heterocycles. The van der Waals surface area contributed by atoms with Crippen LogP contribution in [0.2, 0.25) is 0 Å². The summed E-state index contributed by atoms with van der Waals surface area (Å²) in [5.41, 5.74) is 1.18. The fourth-order valence-corrected chi connectivity index (χ4v) is 3.72. The Balaban J connectivity index is 2.28. The van der Waals surface area contributed by atoms with Gasteiger partial charge in [0.05, 0.1) is 16.4 Å². The SMILES string of the molecule is CCCn1ncc(Br)c1C(O)C1CCCC1(C)C. The predicted molar refractivity (Wildman–Crippen MR) is 76.3 cm³/mol. The summed E-state index contributed by atoms with van der Waals surface area (Å²) < 4.78 is 2.88. The van der Waals surface area contributed by atoms with Crippen LogP contribution in [0.1, 0.15) is 58.3 Å². The van der Waals surface area contributed by atoms with Crippen molar-refractivity contribution in [1.82, 2.24) is 9.78 Å². The first-order chi connectivity index (χ1) is 8.47. The number of aliphatic hydroxyl groups excluding tert-OH is 1. The van der Waals surface area contributed by atoms with Gasteiger partial charge in [0.25, 0.3) is 0 Å². The van der Waals surface area contributed by atoms with Crippen molar-refractivity contribution in [2.24, 2.45) is 11.3 Å². The van der Waals surface area contributed by atoms with Crippen molar-refractivity contribution in [1.29, 1.82) is 0 Å². The number of aliphatic hydroxyl groups is 1. The molecule has 0 aliphatic heterocycles. The summed E-state index contributed by atoms with van der Waals surface area (Å²) in [7, 11) is 0. The lowest BCUT2D eigenvalue weighted by atomic mass is 9.78. The van der Waals surface area contributed by atoms with Crippen LogP contribution in [0, 0.1) is 11.3 Å². The maximum Gasteiger partial charge on any atom is 0.100 e. The van der Waals surface area contributed by atoms with E-state index in [1.807, 2.05) is 4.68 Å². The van der Waals surface area contributed by atoms with E-state index in [9.17, 15) is 5.11 Å². The Kier molecular flexibility index (Phi) is 4.17. The molecule has 1 fully saturated rings. The molecule has 102 valence electrons. The standard InChI is InChI=1S/C14H23BrN2O/c1-4-8-17-12(11(15)9-16-17)13(18)10-6-5-7-14(10,2)3/h9-10,13,18H,4-8H2,1-3H3. The Bertz CT molecular complexity index is 414. The highest BCUT2D eigenvalue weighted by Gasteiger charge is 2.41. The molecule has 0 aromatic carbocycles. The molecular formula is C14H23BrN2O. The van der Waals surface area contributed by atoms with Crippen molar-refractivity contribution in [3.8, 4) is 0 Å². The van der Waals surface area contributed by atoms with Gasteiger partial charge in [0.1, 0.15) is 6.10 Å². The number of hydrogen-bond acceptors (Lipinski definition) is 2. The number of aromatic nitrogens is 2. The van der Waals surface area contributed by atoms with Crippen LogP contribution in [0.4, 0.5) is 0 Å². The summed E-state index contributed by atoms with van der Waals surface area (Å²) in [5, 5.41) is 15.1. The molecule has 1 heterocycles. The van der Waals surface area contributed by atoms with E-state index >= 15 is 0 Å². The van der Waals surface area contributed by atoms with Gasteiger partial charge in [0.15, 0.2) is 0 Å². The predicted octanol–water partition coefficient (Wildman–Crippen LogP) is 3.92. The molecular weight excluding hydrogens is 292 g/mol. The van der Waals surface area contributed by atoms with Gasteiger partial charge in [0.2, 0.25) is 0 Å². The molecule has 1 aliphatic carbocycles. The van der Waals surface area contributed by atoms with E-state index in [1.54, 1.807) is 6.20 Å². The second kappa shape index (κ2) is 5.33. The fraction of sp³-hybridized carbons (Fsp3) is 0.786. The molecule has 0 amide bonds. The van der Waals surface area contributed by atoms with E-state index < -0.39 is 6.10 Å². The highest BCUT2D eigenvalue weighted by atomic mass is 79.9. The third-order valence-electron chi connectivity index (χ3n) is 4.27. The third kappa shape index (κ3) is 2.50. The maximum absolute atomic E-state index is 10.7. The average Bonchev–Trinajstić information content (AvgIpc) is 2.82. The molecule has 3 nitrogen and oxygen atoms in total. The van der Waals surface area contributed by atoms with Gasteiger partial charge in [-0.25, -0.2) is 0 Å². The third-order valence-corrected chi connectivity index (χ3v) is 4.88. The quantitative estimate of drug-likeness (QED) is 0.914. The summed E-state index contributed by atoms with van der Waals surface area (Å²) in [4.78, 5) is 0. The van der Waals surface area contributed by atoms with Crippen molar-refractivity contribution >= 4 is 15.9 Å². The van der Waals surface area contributed by atoms with Gasteiger partial charge in [-0.1, -0.05) is 27.2 Å². The minimum atomic E-state index is -0.411. The highest BCUT2D eigenvalue weighted by molar-refractivity contribution is 9.10. The summed E-state index contributed by atoms with van der Waals surface area (Å²) in [6.07, 6.45) is 5.95. The van der Waals surface area contributed by atoms with E-state index in [1.165, 1.54) is 12.8 Å². The van der Waals surface area contributed by atoms with Crippen LogP contribution in [-0.2, 0) is 6.54 Å². The molecule has 1 saturated carbocycles. The van der Waals surface area contributed by atoms with Crippen molar-refractivity contribution in [2.75, 3.05) is 0 Å². The van der Waals surface area contributed by atoms with Gasteiger partial charge < -0.3 is 5.11 Å². The molecule has 2 rings (SSSR count). The molecule has 1 N–H and O–H groups in total. The molecule has 1 aromatic heterocycles. The van der Waals surface area contributed by atoms with E-state index in [0.717, 1.165) is 29.6 Å². The average molecular weight is 315 g/mol. The molecule has 4 heteroatoms. The van der Waals surface area contributed by atoms with Crippen molar-refractivity contribution < 1.29 is 5.11 Å². The largest absolute Gasteiger partial charge is 0.386 e. The van der Waals surface area contributed by atoms with Crippen molar-refractivity contribution in [2.45, 2.75) is 59.1 Å². The van der Waals surface area contributed by atoms with Crippen LogP contribution in [0.5, 0.6) is 0 Å². The van der Waals surface area contributed by atoms with Gasteiger partial charge in [-0.05, 0) is 46.5 Å². The number of nitrogens with zero attached hydrogens (tertiary/aromatic N) is 2. The number of hydrogen-bond donors (Lipinski definition) is 1. The number of halogens is 1. The molecule has 2 atom stereocenters. The molecule has 1 aromatic rings. The summed E-state index contributed by atoms with van der Waals surface area (Å²) in [6.45, 7) is 7.53. The summed E-state index contributed by atoms with van der Waals surface area (Å²) >= 11 is 3.53. The van der Waals surface area contributed by atoms with Crippen LogP contribution in [0.25, 0.3) is 0 Å². The monoisotopic (exact) mass is 314 g/mol. The van der Waals surface area contributed by atoms with Gasteiger partial charge in [-0.3, -0.25) is 4.68 Å². The Labute approximate surface area is 118 Å². The molecule has 0 spiro atoms. The maximum atomic E-state index is 10.7. The lowest BCUT2D eigenvalue weighted by Gasteiger charge is -2.31. The molecule has 18 heavy (non-hydrogen) atoms. The van der Waals surface area contributed by atoms with E-state index in [4.69, 9.17) is 0 Å². The minimum absolute atomic E-state index is 0.222. The second-order valence-corrected chi connectivity index (χ2v) is 6.89. The molecule has 1 aliphatic rings. The lowest BCUT2D eigenvalue weighted by Crippen LogP contribution is -2.26. The zero-order chi connectivity index (χ0) is 13.3. The van der Waals surface area contributed by atoms with Gasteiger partial charge in [0, 0.05) is 6.54 Å². The summed E-state index contributed by atoms with van der Waals surface area (Å²) in [6, 6.07) is 0. The van der Waals surface area contributed by atoms with Gasteiger partial charge in [-0.15, -0.1) is 0 Å². The van der Waals surface area contributed by atoms with Gasteiger partial charge >= 0.3 is 0 Å². The molecule has 0 bridgehead atoms. The Morgan fingerprint density at radius 2 is 2.33 bits per heavy atom. The molecule has 2 unspecified atom stereocenters. The zero-order valence-electron chi connectivity index (χ0n) is 11.5. The smallest absolute Gasteiger partial charge is 0.100 e. The first-order valence-electron chi connectivity index (χ1n) is 6.86. The van der Waals surface area contributed by atoms with Crippen LogP contribution in [0.15, 0.2) is 10.7 Å². The fourth-order valence-electron chi connectivity index (χ4n) is 3.19. The Hall–Kier alpha value is -0.350. The first-order valence-corrected chi connectivity index (χ1v) is 7.66. The van der Waals surface area contributed by atoms with Crippen molar-refractivity contribution in [3.63, 3.8) is 0 Å². The van der Waals surface area contributed by atoms with Crippen molar-refractivity contribution in [3.05, 3.63) is 16.4 Å². The normalized spacial score (nSPS) is 24.4. The van der Waals surface area contributed by atoms with E-state index in [-0.39, 0.29) is 5.41 Å². The summed E-state index contributed by atoms with van der Waals surface area (Å²) in [5.74, 6) is 0.334. The van der Waals surface area contributed by atoms with Crippen LogP contribution in [-0.4, -0.2) is 14.9 Å². The van der Waals surface area contributed by atoms with Crippen LogP contribution < -0.4 is 0 Å². The number of aryl methyl sites for hydroxylation is 1. The first kappa shape index (κ1) is 14.1. The van der Waals surface area contributed by atoms with Crippen LogP contribution in [0.3, 0.4) is 0 Å². The Morgan fingerprint density at radius 1 is 1.61 bits per heavy atom.